The smallest absolute Gasteiger partial charge is 0.322 e. The van der Waals surface area contributed by atoms with E-state index < -0.39 is 6.23 Å². The lowest BCUT2D eigenvalue weighted by molar-refractivity contribution is 0.183. The number of ether oxygens (including phenoxy) is 1. The summed E-state index contributed by atoms with van der Waals surface area (Å²) in [6.45, 7) is 7.83. The summed E-state index contributed by atoms with van der Waals surface area (Å²) >= 11 is 0. The van der Waals surface area contributed by atoms with E-state index in [1.54, 1.807) is 19.1 Å². The minimum absolute atomic E-state index is 0.166. The molecule has 6 nitrogen and oxygen atoms in total. The van der Waals surface area contributed by atoms with Gasteiger partial charge in [-0.1, -0.05) is 0 Å². The van der Waals surface area contributed by atoms with Crippen molar-refractivity contribution in [2.24, 2.45) is 0 Å². The molecule has 0 saturated carbocycles. The lowest BCUT2D eigenvalue weighted by atomic mass is 10.2. The molecule has 2 aromatic rings. The van der Waals surface area contributed by atoms with Gasteiger partial charge < -0.3 is 25.4 Å². The molecule has 0 aliphatic heterocycles. The average molecular weight is 343 g/mol. The molecule has 2 amide bonds. The van der Waals surface area contributed by atoms with E-state index in [1.165, 1.54) is 12.1 Å². The molecule has 2 aromatic carbocycles. The fourth-order valence-corrected chi connectivity index (χ4v) is 2.45. The number of carbonyl (C=O) groups excluding carboxylic acids is 1. The molecule has 1 unspecified atom stereocenters. The summed E-state index contributed by atoms with van der Waals surface area (Å²) in [5, 5.41) is 14.7. The lowest BCUT2D eigenvalue weighted by Crippen LogP contribution is -2.39. The molecular weight excluding hydrogens is 318 g/mol. The maximum absolute atomic E-state index is 12.0. The zero-order valence-electron chi connectivity index (χ0n) is 14.8. The molecule has 1 atom stereocenters. The number of amides is 2. The molecule has 0 bridgehead atoms. The molecule has 2 rings (SSSR count). The molecule has 0 fully saturated rings. The van der Waals surface area contributed by atoms with E-state index >= 15 is 0 Å². The molecule has 3 N–H and O–H groups in total. The standard InChI is InChI=1S/C19H25N3O3/c1-4-22(5-2)16-8-6-15(7-9-16)21-19(24)20-14(3)25-18-12-10-17(23)11-13-18/h6-14,23H,4-5H2,1-3H3,(H2,20,21,24). The first-order chi connectivity index (χ1) is 12.0. The fourth-order valence-electron chi connectivity index (χ4n) is 2.45. The lowest BCUT2D eigenvalue weighted by Gasteiger charge is -2.21. The molecule has 0 saturated heterocycles. The van der Waals surface area contributed by atoms with Gasteiger partial charge in [0.2, 0.25) is 0 Å². The highest BCUT2D eigenvalue weighted by Crippen LogP contribution is 2.18. The number of carbonyl (C=O) groups is 1. The summed E-state index contributed by atoms with van der Waals surface area (Å²) in [5.74, 6) is 0.730. The third-order valence-corrected chi connectivity index (χ3v) is 3.74. The van der Waals surface area contributed by atoms with Crippen molar-refractivity contribution in [1.29, 1.82) is 0 Å². The number of phenols is 1. The Kier molecular flexibility index (Phi) is 6.51. The molecule has 0 aliphatic rings. The number of hydrogen-bond acceptors (Lipinski definition) is 4. The number of phenolic OH excluding ortho intramolecular Hbond substituents is 1. The van der Waals surface area contributed by atoms with E-state index in [4.69, 9.17) is 4.74 Å². The van der Waals surface area contributed by atoms with Crippen LogP contribution < -0.4 is 20.3 Å². The summed E-state index contributed by atoms with van der Waals surface area (Å²) in [6.07, 6.45) is -0.514. The minimum atomic E-state index is -0.514. The van der Waals surface area contributed by atoms with E-state index in [0.29, 0.717) is 11.4 Å². The van der Waals surface area contributed by atoms with Crippen LogP contribution in [-0.2, 0) is 0 Å². The number of rotatable bonds is 7. The maximum Gasteiger partial charge on any atom is 0.322 e. The average Bonchev–Trinajstić information content (AvgIpc) is 2.59. The normalized spacial score (nSPS) is 11.5. The second-order valence-corrected chi connectivity index (χ2v) is 5.57. The first-order valence-corrected chi connectivity index (χ1v) is 8.40. The third kappa shape index (κ3) is 5.60. The topological polar surface area (TPSA) is 73.8 Å². The van der Waals surface area contributed by atoms with Crippen molar-refractivity contribution in [3.8, 4) is 11.5 Å². The minimum Gasteiger partial charge on any atom is -0.508 e. The zero-order valence-corrected chi connectivity index (χ0v) is 14.8. The Bertz CT molecular complexity index is 667. The molecule has 0 spiro atoms. The number of aromatic hydroxyl groups is 1. The van der Waals surface area contributed by atoms with Crippen molar-refractivity contribution in [2.75, 3.05) is 23.3 Å². The highest BCUT2D eigenvalue weighted by Gasteiger charge is 2.09. The van der Waals surface area contributed by atoms with Gasteiger partial charge in [0, 0.05) is 24.5 Å². The van der Waals surface area contributed by atoms with Gasteiger partial charge in [0.05, 0.1) is 0 Å². The van der Waals surface area contributed by atoms with Crippen LogP contribution in [0.1, 0.15) is 20.8 Å². The quantitative estimate of drug-likeness (QED) is 0.669. The highest BCUT2D eigenvalue weighted by atomic mass is 16.5. The van der Waals surface area contributed by atoms with Gasteiger partial charge in [0.1, 0.15) is 11.5 Å². The van der Waals surface area contributed by atoms with Gasteiger partial charge in [-0.3, -0.25) is 0 Å². The van der Waals surface area contributed by atoms with Gasteiger partial charge >= 0.3 is 6.03 Å². The van der Waals surface area contributed by atoms with Crippen molar-refractivity contribution >= 4 is 17.4 Å². The molecular formula is C19H25N3O3. The molecule has 134 valence electrons. The number of anilines is 2. The van der Waals surface area contributed by atoms with Gasteiger partial charge in [-0.25, -0.2) is 4.79 Å². The van der Waals surface area contributed by atoms with Gasteiger partial charge in [-0.05, 0) is 69.3 Å². The Hall–Kier alpha value is -2.89. The molecule has 0 heterocycles. The predicted octanol–water partition coefficient (Wildman–Crippen LogP) is 3.78. The monoisotopic (exact) mass is 343 g/mol. The van der Waals surface area contributed by atoms with Crippen LogP contribution in [0, 0.1) is 0 Å². The van der Waals surface area contributed by atoms with Crippen molar-refractivity contribution in [2.45, 2.75) is 27.0 Å². The van der Waals surface area contributed by atoms with Crippen molar-refractivity contribution < 1.29 is 14.6 Å². The van der Waals surface area contributed by atoms with Gasteiger partial charge in [0.15, 0.2) is 6.23 Å². The van der Waals surface area contributed by atoms with Crippen LogP contribution in [0.3, 0.4) is 0 Å². The van der Waals surface area contributed by atoms with Crippen LogP contribution in [0.25, 0.3) is 0 Å². The van der Waals surface area contributed by atoms with E-state index in [0.717, 1.165) is 18.8 Å². The summed E-state index contributed by atoms with van der Waals surface area (Å²) in [5.41, 5.74) is 1.84. The van der Waals surface area contributed by atoms with E-state index in [2.05, 4.69) is 29.4 Å². The zero-order chi connectivity index (χ0) is 18.2. The Morgan fingerprint density at radius 3 is 2.24 bits per heavy atom. The third-order valence-electron chi connectivity index (χ3n) is 3.74. The largest absolute Gasteiger partial charge is 0.508 e. The Morgan fingerprint density at radius 1 is 1.08 bits per heavy atom. The van der Waals surface area contributed by atoms with Crippen LogP contribution in [0.15, 0.2) is 48.5 Å². The van der Waals surface area contributed by atoms with Gasteiger partial charge in [0.25, 0.3) is 0 Å². The number of benzene rings is 2. The molecule has 0 radical (unpaired) electrons. The van der Waals surface area contributed by atoms with E-state index in [-0.39, 0.29) is 11.8 Å². The fraction of sp³-hybridized carbons (Fsp3) is 0.316. The predicted molar refractivity (Wildman–Crippen MR) is 100 cm³/mol. The second-order valence-electron chi connectivity index (χ2n) is 5.57. The Morgan fingerprint density at radius 2 is 1.68 bits per heavy atom. The summed E-state index contributed by atoms with van der Waals surface area (Å²) < 4.78 is 5.57. The number of nitrogens with one attached hydrogen (secondary N) is 2. The van der Waals surface area contributed by atoms with Crippen LogP contribution in [0.4, 0.5) is 16.2 Å². The van der Waals surface area contributed by atoms with Crippen LogP contribution in [0.2, 0.25) is 0 Å². The first kappa shape index (κ1) is 18.4. The molecule has 0 aliphatic carbocycles. The molecule has 0 aromatic heterocycles. The Balaban J connectivity index is 1.85. The number of urea groups is 1. The van der Waals surface area contributed by atoms with Crippen molar-refractivity contribution in [3.05, 3.63) is 48.5 Å². The highest BCUT2D eigenvalue weighted by molar-refractivity contribution is 5.89. The number of nitrogens with zero attached hydrogens (tertiary/aromatic N) is 1. The van der Waals surface area contributed by atoms with Crippen molar-refractivity contribution in [1.82, 2.24) is 5.32 Å². The van der Waals surface area contributed by atoms with Crippen LogP contribution in [-0.4, -0.2) is 30.5 Å². The summed E-state index contributed by atoms with van der Waals surface area (Å²) in [7, 11) is 0. The van der Waals surface area contributed by atoms with Crippen molar-refractivity contribution in [3.63, 3.8) is 0 Å². The van der Waals surface area contributed by atoms with Gasteiger partial charge in [-0.2, -0.15) is 0 Å². The SMILES string of the molecule is CCN(CC)c1ccc(NC(=O)NC(C)Oc2ccc(O)cc2)cc1. The molecule has 25 heavy (non-hydrogen) atoms. The summed E-state index contributed by atoms with van der Waals surface area (Å²) in [4.78, 5) is 14.3. The van der Waals surface area contributed by atoms with Crippen LogP contribution in [0.5, 0.6) is 11.5 Å². The Labute approximate surface area is 148 Å². The summed E-state index contributed by atoms with van der Waals surface area (Å²) in [6, 6.07) is 13.7. The maximum atomic E-state index is 12.0. The van der Waals surface area contributed by atoms with Gasteiger partial charge in [-0.15, -0.1) is 0 Å². The number of hydrogen-bond donors (Lipinski definition) is 3. The van der Waals surface area contributed by atoms with Crippen LogP contribution >= 0.6 is 0 Å². The van der Waals surface area contributed by atoms with E-state index in [1.807, 2.05) is 24.3 Å². The van der Waals surface area contributed by atoms with E-state index in [9.17, 15) is 9.90 Å². The molecule has 6 heteroatoms. The second kappa shape index (κ2) is 8.82. The first-order valence-electron chi connectivity index (χ1n) is 8.40.